The molecule has 0 unspecified atom stereocenters. The molecule has 0 aromatic carbocycles. The van der Waals surface area contributed by atoms with Crippen molar-refractivity contribution in [2.75, 3.05) is 24.6 Å². The summed E-state index contributed by atoms with van der Waals surface area (Å²) in [5.74, 6) is 0.0988. The van der Waals surface area contributed by atoms with Crippen molar-refractivity contribution in [2.24, 2.45) is 0 Å². The Balaban J connectivity index is 1.59. The van der Waals surface area contributed by atoms with E-state index in [1.54, 1.807) is 39.4 Å². The van der Waals surface area contributed by atoms with Crippen molar-refractivity contribution in [3.63, 3.8) is 0 Å². The fourth-order valence-electron chi connectivity index (χ4n) is 3.73. The summed E-state index contributed by atoms with van der Waals surface area (Å²) < 4.78 is 25.8. The summed E-state index contributed by atoms with van der Waals surface area (Å²) in [4.78, 5) is 20.0. The smallest absolute Gasteiger partial charge is 0.274 e. The van der Waals surface area contributed by atoms with E-state index < -0.39 is 9.84 Å². The number of nitrogens with zero attached hydrogens (tertiary/aromatic N) is 4. The molecule has 7 nitrogen and oxygen atoms in total. The molecule has 0 N–H and O–H groups in total. The molecule has 1 saturated heterocycles. The standard InChI is InChI=1S/C21H24N4O3S2/c1-2-24(11-7-16-5-9-22-10-6-16)21(26)18-14-19(20-4-3-12-29-20)25(23-18)17-8-13-30(27,28)15-17/h3-6,9-10,12,14,17H,2,7-8,11,13,15H2,1H3/t17-/m1/s1. The molecule has 0 aliphatic carbocycles. The van der Waals surface area contributed by atoms with Crippen molar-refractivity contribution in [2.45, 2.75) is 25.8 Å². The molecule has 1 amide bonds. The van der Waals surface area contributed by atoms with Gasteiger partial charge >= 0.3 is 0 Å². The lowest BCUT2D eigenvalue weighted by Gasteiger charge is -2.19. The molecule has 4 heterocycles. The Labute approximate surface area is 180 Å². The molecular weight excluding hydrogens is 420 g/mol. The first kappa shape index (κ1) is 20.7. The number of aromatic nitrogens is 3. The van der Waals surface area contributed by atoms with Gasteiger partial charge in [-0.2, -0.15) is 5.10 Å². The molecule has 0 saturated carbocycles. The van der Waals surface area contributed by atoms with Crippen molar-refractivity contribution in [3.8, 4) is 10.6 Å². The highest BCUT2D eigenvalue weighted by Gasteiger charge is 2.32. The maximum Gasteiger partial charge on any atom is 0.274 e. The van der Waals surface area contributed by atoms with Crippen LogP contribution in [0.3, 0.4) is 0 Å². The van der Waals surface area contributed by atoms with E-state index in [-0.39, 0.29) is 23.5 Å². The highest BCUT2D eigenvalue weighted by Crippen LogP contribution is 2.32. The second kappa shape index (κ2) is 8.69. The minimum absolute atomic E-state index is 0.0697. The summed E-state index contributed by atoms with van der Waals surface area (Å²) in [6, 6.07) is 9.37. The van der Waals surface area contributed by atoms with Crippen LogP contribution >= 0.6 is 11.3 Å². The van der Waals surface area contributed by atoms with E-state index in [1.807, 2.05) is 36.6 Å². The van der Waals surface area contributed by atoms with E-state index >= 15 is 0 Å². The number of sulfone groups is 1. The molecule has 1 aliphatic rings. The number of likely N-dealkylation sites (N-methyl/N-ethyl adjacent to an activating group) is 1. The van der Waals surface area contributed by atoms with Gasteiger partial charge in [-0.25, -0.2) is 8.42 Å². The van der Waals surface area contributed by atoms with Gasteiger partial charge in [-0.1, -0.05) is 6.07 Å². The zero-order valence-corrected chi connectivity index (χ0v) is 18.4. The van der Waals surface area contributed by atoms with Crippen LogP contribution in [0.4, 0.5) is 0 Å². The van der Waals surface area contributed by atoms with Crippen molar-refractivity contribution >= 4 is 27.1 Å². The van der Waals surface area contributed by atoms with Gasteiger partial charge in [0, 0.05) is 25.5 Å². The number of rotatable bonds is 7. The first-order chi connectivity index (χ1) is 14.5. The second-order valence-corrected chi connectivity index (χ2v) is 10.6. The van der Waals surface area contributed by atoms with E-state index in [0.717, 1.165) is 22.6 Å². The van der Waals surface area contributed by atoms with Gasteiger partial charge < -0.3 is 4.90 Å². The Morgan fingerprint density at radius 2 is 2.10 bits per heavy atom. The summed E-state index contributed by atoms with van der Waals surface area (Å²) in [6.07, 6.45) is 4.76. The predicted molar refractivity (Wildman–Crippen MR) is 117 cm³/mol. The zero-order chi connectivity index (χ0) is 21.1. The minimum atomic E-state index is -3.06. The Bertz CT molecular complexity index is 1110. The molecule has 0 bridgehead atoms. The molecule has 1 atom stereocenters. The molecule has 3 aromatic heterocycles. The normalized spacial score (nSPS) is 17.8. The summed E-state index contributed by atoms with van der Waals surface area (Å²) in [6.45, 7) is 3.10. The van der Waals surface area contributed by atoms with Crippen molar-refractivity contribution < 1.29 is 13.2 Å². The SMILES string of the molecule is CCN(CCc1ccncc1)C(=O)c1cc(-c2cccs2)n([C@@H]2CCS(=O)(=O)C2)n1. The van der Waals surface area contributed by atoms with E-state index in [2.05, 4.69) is 10.1 Å². The van der Waals surface area contributed by atoms with E-state index in [9.17, 15) is 13.2 Å². The van der Waals surface area contributed by atoms with Crippen LogP contribution in [0.1, 0.15) is 35.4 Å². The van der Waals surface area contributed by atoms with Crippen LogP contribution in [0.25, 0.3) is 10.6 Å². The Morgan fingerprint density at radius 3 is 2.73 bits per heavy atom. The zero-order valence-electron chi connectivity index (χ0n) is 16.8. The highest BCUT2D eigenvalue weighted by atomic mass is 32.2. The third-order valence-corrected chi connectivity index (χ3v) is 8.01. The highest BCUT2D eigenvalue weighted by molar-refractivity contribution is 7.91. The third kappa shape index (κ3) is 4.46. The third-order valence-electron chi connectivity index (χ3n) is 5.37. The van der Waals surface area contributed by atoms with Gasteiger partial charge in [0.1, 0.15) is 0 Å². The van der Waals surface area contributed by atoms with Crippen LogP contribution in [0.15, 0.2) is 48.1 Å². The summed E-state index contributed by atoms with van der Waals surface area (Å²) in [5, 5.41) is 6.56. The number of pyridine rings is 1. The lowest BCUT2D eigenvalue weighted by atomic mass is 10.2. The Morgan fingerprint density at radius 1 is 1.30 bits per heavy atom. The maximum atomic E-state index is 13.2. The lowest BCUT2D eigenvalue weighted by Crippen LogP contribution is -2.33. The summed E-state index contributed by atoms with van der Waals surface area (Å²) in [5.41, 5.74) is 2.29. The molecule has 9 heteroatoms. The van der Waals surface area contributed by atoms with Crippen molar-refractivity contribution in [1.82, 2.24) is 19.7 Å². The molecule has 30 heavy (non-hydrogen) atoms. The van der Waals surface area contributed by atoms with Crippen LogP contribution in [0, 0.1) is 0 Å². The fourth-order valence-corrected chi connectivity index (χ4v) is 6.16. The topological polar surface area (TPSA) is 85.2 Å². The average molecular weight is 445 g/mol. The maximum absolute atomic E-state index is 13.2. The summed E-state index contributed by atoms with van der Waals surface area (Å²) in [7, 11) is -3.06. The van der Waals surface area contributed by atoms with Crippen molar-refractivity contribution in [1.29, 1.82) is 0 Å². The number of carbonyl (C=O) groups is 1. The Hall–Kier alpha value is -2.52. The molecular formula is C21H24N4O3S2. The van der Waals surface area contributed by atoms with Crippen LogP contribution < -0.4 is 0 Å². The van der Waals surface area contributed by atoms with E-state index in [4.69, 9.17) is 0 Å². The van der Waals surface area contributed by atoms with Gasteiger partial charge in [-0.3, -0.25) is 14.5 Å². The average Bonchev–Trinajstić information content (AvgIpc) is 3.48. The number of carbonyl (C=O) groups excluding carboxylic acids is 1. The van der Waals surface area contributed by atoms with Gasteiger partial charge in [0.15, 0.2) is 15.5 Å². The molecule has 0 radical (unpaired) electrons. The number of thiophene rings is 1. The number of amides is 1. The van der Waals surface area contributed by atoms with Gasteiger partial charge in [0.05, 0.1) is 28.1 Å². The van der Waals surface area contributed by atoms with Gasteiger partial charge in [-0.05, 0) is 55.0 Å². The Kier molecular flexibility index (Phi) is 6.01. The van der Waals surface area contributed by atoms with E-state index in [1.165, 1.54) is 0 Å². The second-order valence-electron chi connectivity index (χ2n) is 7.38. The number of hydrogen-bond acceptors (Lipinski definition) is 6. The van der Waals surface area contributed by atoms with Crippen LogP contribution in [-0.2, 0) is 16.3 Å². The largest absolute Gasteiger partial charge is 0.337 e. The summed E-state index contributed by atoms with van der Waals surface area (Å²) >= 11 is 1.55. The van der Waals surface area contributed by atoms with Crippen molar-refractivity contribution in [3.05, 3.63) is 59.4 Å². The molecule has 4 rings (SSSR count). The first-order valence-electron chi connectivity index (χ1n) is 9.99. The number of hydrogen-bond donors (Lipinski definition) is 0. The fraction of sp³-hybridized carbons (Fsp3) is 0.381. The minimum Gasteiger partial charge on any atom is -0.337 e. The van der Waals surface area contributed by atoms with Gasteiger partial charge in [0.2, 0.25) is 0 Å². The first-order valence-corrected chi connectivity index (χ1v) is 12.7. The molecule has 158 valence electrons. The molecule has 3 aromatic rings. The lowest BCUT2D eigenvalue weighted by molar-refractivity contribution is 0.0759. The van der Waals surface area contributed by atoms with Crippen LogP contribution in [0.5, 0.6) is 0 Å². The van der Waals surface area contributed by atoms with Gasteiger partial charge in [-0.15, -0.1) is 11.3 Å². The molecule has 1 fully saturated rings. The monoisotopic (exact) mass is 444 g/mol. The van der Waals surface area contributed by atoms with E-state index in [0.29, 0.717) is 25.2 Å². The van der Waals surface area contributed by atoms with Crippen LogP contribution in [0.2, 0.25) is 0 Å². The van der Waals surface area contributed by atoms with Gasteiger partial charge in [0.25, 0.3) is 5.91 Å². The quantitative estimate of drug-likeness (QED) is 0.559. The molecule has 1 aliphatic heterocycles. The predicted octanol–water partition coefficient (Wildman–Crippen LogP) is 3.07. The van der Waals surface area contributed by atoms with Crippen LogP contribution in [-0.4, -0.2) is 58.6 Å². The molecule has 0 spiro atoms.